The second kappa shape index (κ2) is 11.2. The van der Waals surface area contributed by atoms with Gasteiger partial charge in [0.05, 0.1) is 18.9 Å². The van der Waals surface area contributed by atoms with Crippen molar-refractivity contribution in [2.75, 3.05) is 18.2 Å². The van der Waals surface area contributed by atoms with Crippen molar-refractivity contribution in [2.45, 2.75) is 38.9 Å². The summed E-state index contributed by atoms with van der Waals surface area (Å²) in [5, 5.41) is 15.2. The fraction of sp³-hybridized carbons (Fsp3) is 0.360. The maximum atomic E-state index is 12.8. The van der Waals surface area contributed by atoms with E-state index in [0.29, 0.717) is 22.3 Å². The number of benzene rings is 2. The molecule has 1 unspecified atom stereocenters. The van der Waals surface area contributed by atoms with E-state index in [1.165, 1.54) is 11.8 Å². The molecule has 8 nitrogen and oxygen atoms in total. The van der Waals surface area contributed by atoms with E-state index in [4.69, 9.17) is 4.74 Å². The van der Waals surface area contributed by atoms with Gasteiger partial charge in [-0.1, -0.05) is 31.7 Å². The van der Waals surface area contributed by atoms with Crippen LogP contribution in [0.3, 0.4) is 0 Å². The summed E-state index contributed by atoms with van der Waals surface area (Å²) in [6.45, 7) is 8.02. The van der Waals surface area contributed by atoms with Crippen LogP contribution in [0.1, 0.15) is 47.2 Å². The van der Waals surface area contributed by atoms with Gasteiger partial charge < -0.3 is 19.9 Å². The van der Waals surface area contributed by atoms with Crippen LogP contribution in [0.4, 0.5) is 5.69 Å². The highest BCUT2D eigenvalue weighted by atomic mass is 32.2. The van der Waals surface area contributed by atoms with Crippen LogP contribution in [0.5, 0.6) is 5.75 Å². The average Bonchev–Trinajstić information content (AvgIpc) is 3.15. The first-order valence-electron chi connectivity index (χ1n) is 11.0. The zero-order valence-corrected chi connectivity index (χ0v) is 21.2. The summed E-state index contributed by atoms with van der Waals surface area (Å²) in [5.74, 6) is 1.28. The van der Waals surface area contributed by atoms with Gasteiger partial charge in [-0.3, -0.25) is 9.59 Å². The molecule has 1 atom stereocenters. The molecule has 0 saturated heterocycles. The molecule has 180 valence electrons. The molecular formula is C25H31N5O3S. The van der Waals surface area contributed by atoms with Gasteiger partial charge in [0.15, 0.2) is 11.0 Å². The van der Waals surface area contributed by atoms with Gasteiger partial charge in [0.25, 0.3) is 5.91 Å². The smallest absolute Gasteiger partial charge is 0.251 e. The Labute approximate surface area is 204 Å². The number of ether oxygens (including phenoxy) is 1. The summed E-state index contributed by atoms with van der Waals surface area (Å²) in [6.07, 6.45) is 0. The number of aromatic nitrogens is 3. The Kier molecular flexibility index (Phi) is 8.33. The second-order valence-corrected chi connectivity index (χ2v) is 9.48. The Balaban J connectivity index is 1.66. The van der Waals surface area contributed by atoms with Crippen molar-refractivity contribution in [3.63, 3.8) is 0 Å². The number of carbonyl (C=O) groups excluding carboxylic acids is 2. The van der Waals surface area contributed by atoms with E-state index < -0.39 is 0 Å². The summed E-state index contributed by atoms with van der Waals surface area (Å²) in [7, 11) is 3.43. The normalized spacial score (nSPS) is 11.9. The van der Waals surface area contributed by atoms with Crippen LogP contribution in [0, 0.1) is 19.8 Å². The molecule has 0 saturated carbocycles. The molecule has 0 spiro atoms. The van der Waals surface area contributed by atoms with Gasteiger partial charge in [-0.2, -0.15) is 0 Å². The summed E-state index contributed by atoms with van der Waals surface area (Å²) in [6, 6.07) is 12.5. The molecule has 0 radical (unpaired) electrons. The quantitative estimate of drug-likeness (QED) is 0.442. The number of nitrogens with zero attached hydrogens (tertiary/aromatic N) is 3. The summed E-state index contributed by atoms with van der Waals surface area (Å²) in [4.78, 5) is 25.3. The number of carbonyl (C=O) groups is 2. The fourth-order valence-corrected chi connectivity index (χ4v) is 4.31. The zero-order valence-electron chi connectivity index (χ0n) is 20.4. The molecule has 0 aliphatic rings. The minimum atomic E-state index is -0.342. The molecule has 2 amide bonds. The predicted molar refractivity (Wildman–Crippen MR) is 134 cm³/mol. The number of anilines is 1. The number of aryl methyl sites for hydroxylation is 2. The van der Waals surface area contributed by atoms with Crippen LogP contribution in [-0.4, -0.2) is 39.4 Å². The highest BCUT2D eigenvalue weighted by molar-refractivity contribution is 7.99. The Morgan fingerprint density at radius 3 is 2.29 bits per heavy atom. The van der Waals surface area contributed by atoms with Crippen molar-refractivity contribution < 1.29 is 14.3 Å². The molecule has 3 rings (SSSR count). The third-order valence-corrected chi connectivity index (χ3v) is 6.31. The predicted octanol–water partition coefficient (Wildman–Crippen LogP) is 4.30. The van der Waals surface area contributed by atoms with Crippen LogP contribution in [0.2, 0.25) is 0 Å². The number of hydrogen-bond donors (Lipinski definition) is 2. The van der Waals surface area contributed by atoms with Crippen LogP contribution in [-0.2, 0) is 11.8 Å². The Morgan fingerprint density at radius 2 is 1.71 bits per heavy atom. The van der Waals surface area contributed by atoms with Gasteiger partial charge in [-0.05, 0) is 67.3 Å². The van der Waals surface area contributed by atoms with Gasteiger partial charge in [0, 0.05) is 18.3 Å². The summed E-state index contributed by atoms with van der Waals surface area (Å²) in [5.41, 5.74) is 3.50. The van der Waals surface area contributed by atoms with Crippen molar-refractivity contribution in [3.05, 3.63) is 65.0 Å². The maximum Gasteiger partial charge on any atom is 0.251 e. The first kappa shape index (κ1) is 25.3. The van der Waals surface area contributed by atoms with E-state index >= 15 is 0 Å². The number of nitrogens with one attached hydrogen (secondary N) is 2. The van der Waals surface area contributed by atoms with E-state index in [-0.39, 0.29) is 29.5 Å². The number of rotatable bonds is 9. The van der Waals surface area contributed by atoms with Crippen molar-refractivity contribution in [1.29, 1.82) is 0 Å². The average molecular weight is 482 g/mol. The molecular weight excluding hydrogens is 450 g/mol. The number of hydrogen-bond acceptors (Lipinski definition) is 6. The maximum absolute atomic E-state index is 12.8. The Hall–Kier alpha value is -3.33. The van der Waals surface area contributed by atoms with Crippen LogP contribution < -0.4 is 15.4 Å². The molecule has 2 N–H and O–H groups in total. The number of methoxy groups -OCH3 is 1. The Bertz CT molecular complexity index is 1140. The van der Waals surface area contributed by atoms with Crippen molar-refractivity contribution in [1.82, 2.24) is 20.1 Å². The molecule has 2 aromatic carbocycles. The second-order valence-electron chi connectivity index (χ2n) is 8.54. The van der Waals surface area contributed by atoms with E-state index in [0.717, 1.165) is 16.8 Å². The topological polar surface area (TPSA) is 98.1 Å². The van der Waals surface area contributed by atoms with E-state index in [2.05, 4.69) is 26.9 Å². The monoisotopic (exact) mass is 481 g/mol. The number of thioether (sulfide) groups is 1. The lowest BCUT2D eigenvalue weighted by Crippen LogP contribution is -2.33. The third kappa shape index (κ3) is 6.38. The lowest BCUT2D eigenvalue weighted by molar-refractivity contribution is -0.113. The Morgan fingerprint density at radius 1 is 1.06 bits per heavy atom. The van der Waals surface area contributed by atoms with E-state index in [1.54, 1.807) is 31.4 Å². The van der Waals surface area contributed by atoms with Crippen LogP contribution in [0.15, 0.2) is 47.6 Å². The zero-order chi connectivity index (χ0) is 24.8. The largest absolute Gasteiger partial charge is 0.497 e. The molecule has 1 aromatic heterocycles. The van der Waals surface area contributed by atoms with Crippen LogP contribution >= 0.6 is 11.8 Å². The standard InChI is InChI=1S/C25H31N5O3S/c1-15(2)22(27-24(32)18-7-9-20(33-6)10-8-18)23-28-29-25(30(23)5)34-14-21(31)26-19-12-16(3)11-17(4)13-19/h7-13,15,22H,14H2,1-6H3,(H,26,31)(H,27,32). The van der Waals surface area contributed by atoms with E-state index in [1.807, 2.05) is 51.4 Å². The molecule has 0 aliphatic heterocycles. The van der Waals surface area contributed by atoms with Gasteiger partial charge in [0.1, 0.15) is 5.75 Å². The SMILES string of the molecule is COc1ccc(C(=O)NC(c2nnc(SCC(=O)Nc3cc(C)cc(C)c3)n2C)C(C)C)cc1. The third-order valence-electron chi connectivity index (χ3n) is 5.29. The van der Waals surface area contributed by atoms with E-state index in [9.17, 15) is 9.59 Å². The number of amides is 2. The van der Waals surface area contributed by atoms with Gasteiger partial charge in [-0.25, -0.2) is 0 Å². The van der Waals surface area contributed by atoms with Gasteiger partial charge in [-0.15, -0.1) is 10.2 Å². The molecule has 0 aliphatic carbocycles. The highest BCUT2D eigenvalue weighted by Gasteiger charge is 2.25. The molecule has 9 heteroatoms. The summed E-state index contributed by atoms with van der Waals surface area (Å²) >= 11 is 1.30. The molecule has 0 fully saturated rings. The highest BCUT2D eigenvalue weighted by Crippen LogP contribution is 2.25. The molecule has 34 heavy (non-hydrogen) atoms. The van der Waals surface area contributed by atoms with Crippen molar-refractivity contribution in [2.24, 2.45) is 13.0 Å². The van der Waals surface area contributed by atoms with Crippen molar-refractivity contribution >= 4 is 29.3 Å². The molecule has 3 aromatic rings. The minimum absolute atomic E-state index is 0.0795. The molecule has 0 bridgehead atoms. The van der Waals surface area contributed by atoms with Crippen molar-refractivity contribution in [3.8, 4) is 5.75 Å². The lowest BCUT2D eigenvalue weighted by atomic mass is 10.0. The van der Waals surface area contributed by atoms with Crippen LogP contribution in [0.25, 0.3) is 0 Å². The lowest BCUT2D eigenvalue weighted by Gasteiger charge is -2.21. The summed E-state index contributed by atoms with van der Waals surface area (Å²) < 4.78 is 6.98. The first-order chi connectivity index (χ1) is 16.2. The van der Waals surface area contributed by atoms with Gasteiger partial charge >= 0.3 is 0 Å². The minimum Gasteiger partial charge on any atom is -0.497 e. The molecule has 1 heterocycles. The fourth-order valence-electron chi connectivity index (χ4n) is 3.59. The van der Waals surface area contributed by atoms with Gasteiger partial charge in [0.2, 0.25) is 5.91 Å². The first-order valence-corrected chi connectivity index (χ1v) is 12.0.